The van der Waals surface area contributed by atoms with E-state index in [1.54, 1.807) is 57.2 Å². The van der Waals surface area contributed by atoms with E-state index in [4.69, 9.17) is 10.5 Å². The maximum Gasteiger partial charge on any atom is 0.412 e. The highest BCUT2D eigenvalue weighted by Gasteiger charge is 2.19. The number of fused-ring (bicyclic) bond motifs is 2. The molecule has 0 radical (unpaired) electrons. The Labute approximate surface area is 196 Å². The number of aromatic nitrogens is 1. The molecule has 8 heteroatoms. The number of amides is 2. The van der Waals surface area contributed by atoms with Gasteiger partial charge in [-0.3, -0.25) is 10.1 Å². The summed E-state index contributed by atoms with van der Waals surface area (Å²) in [4.78, 5) is 28.7. The first-order chi connectivity index (χ1) is 16.1. The fraction of sp³-hybridized carbons (Fsp3) is 0.192. The molecule has 0 spiro atoms. The number of benzene rings is 3. The highest BCUT2D eigenvalue weighted by Crippen LogP contribution is 2.34. The SMILES string of the molecule is CC(C)(C)OC(=O)Nc1cccc(C(O)Nc2c3ccccc3nc3c(C(N)=O)cccc23)c1. The highest BCUT2D eigenvalue weighted by molar-refractivity contribution is 6.13. The van der Waals surface area contributed by atoms with Gasteiger partial charge < -0.3 is 20.9 Å². The summed E-state index contributed by atoms with van der Waals surface area (Å²) in [5.41, 5.74) is 7.95. The number of nitrogens with one attached hydrogen (secondary N) is 2. The molecule has 1 unspecified atom stereocenters. The van der Waals surface area contributed by atoms with Gasteiger partial charge in [0.15, 0.2) is 6.23 Å². The number of carbonyl (C=O) groups excluding carboxylic acids is 2. The average molecular weight is 459 g/mol. The van der Waals surface area contributed by atoms with E-state index in [2.05, 4.69) is 15.6 Å². The Hall–Kier alpha value is -4.17. The van der Waals surface area contributed by atoms with Crippen LogP contribution in [0.15, 0.2) is 66.7 Å². The number of hydrogen-bond acceptors (Lipinski definition) is 6. The average Bonchev–Trinajstić information content (AvgIpc) is 2.77. The minimum Gasteiger partial charge on any atom is -0.444 e. The van der Waals surface area contributed by atoms with Crippen LogP contribution < -0.4 is 16.4 Å². The molecule has 4 rings (SSSR count). The Kier molecular flexibility index (Phi) is 6.08. The summed E-state index contributed by atoms with van der Waals surface area (Å²) in [5, 5.41) is 18.3. The maximum atomic E-state index is 12.1. The summed E-state index contributed by atoms with van der Waals surface area (Å²) >= 11 is 0. The molecule has 0 aliphatic carbocycles. The van der Waals surface area contributed by atoms with Crippen molar-refractivity contribution >= 4 is 45.2 Å². The van der Waals surface area contributed by atoms with E-state index in [1.807, 2.05) is 30.3 Å². The Balaban J connectivity index is 1.71. The van der Waals surface area contributed by atoms with E-state index < -0.39 is 23.8 Å². The molecule has 1 aromatic heterocycles. The molecule has 0 aliphatic rings. The number of aliphatic hydroxyl groups is 1. The van der Waals surface area contributed by atoms with Crippen LogP contribution >= 0.6 is 0 Å². The summed E-state index contributed by atoms with van der Waals surface area (Å²) in [5.74, 6) is -0.583. The molecular weight excluding hydrogens is 432 g/mol. The van der Waals surface area contributed by atoms with E-state index in [9.17, 15) is 14.7 Å². The molecule has 4 aromatic rings. The zero-order valence-corrected chi connectivity index (χ0v) is 19.1. The first-order valence-electron chi connectivity index (χ1n) is 10.8. The Morgan fingerprint density at radius 3 is 2.44 bits per heavy atom. The van der Waals surface area contributed by atoms with Crippen LogP contribution in [0.3, 0.4) is 0 Å². The minimum atomic E-state index is -1.12. The molecule has 0 fully saturated rings. The normalized spacial score (nSPS) is 12.4. The van der Waals surface area contributed by atoms with Crippen molar-refractivity contribution in [3.05, 3.63) is 77.9 Å². The molecular formula is C26H26N4O4. The van der Waals surface area contributed by atoms with Crippen molar-refractivity contribution in [2.75, 3.05) is 10.6 Å². The van der Waals surface area contributed by atoms with E-state index in [-0.39, 0.29) is 0 Å². The van der Waals surface area contributed by atoms with Crippen molar-refractivity contribution < 1.29 is 19.4 Å². The number of primary amides is 1. The molecule has 3 aromatic carbocycles. The van der Waals surface area contributed by atoms with E-state index >= 15 is 0 Å². The molecule has 0 bridgehead atoms. The van der Waals surface area contributed by atoms with E-state index in [0.29, 0.717) is 38.9 Å². The van der Waals surface area contributed by atoms with Gasteiger partial charge in [0.25, 0.3) is 5.91 Å². The van der Waals surface area contributed by atoms with Crippen LogP contribution in [0.1, 0.15) is 42.9 Å². The third-order valence-electron chi connectivity index (χ3n) is 5.11. The number of aliphatic hydroxyl groups excluding tert-OH is 1. The quantitative estimate of drug-likeness (QED) is 0.248. The van der Waals surface area contributed by atoms with Crippen molar-refractivity contribution in [1.29, 1.82) is 0 Å². The lowest BCUT2D eigenvalue weighted by Gasteiger charge is -2.21. The van der Waals surface area contributed by atoms with Gasteiger partial charge in [0.2, 0.25) is 0 Å². The maximum absolute atomic E-state index is 12.1. The predicted octanol–water partition coefficient (Wildman–Crippen LogP) is 4.94. The van der Waals surface area contributed by atoms with Crippen LogP contribution in [0.2, 0.25) is 0 Å². The smallest absolute Gasteiger partial charge is 0.412 e. The first kappa shape index (κ1) is 23.0. The van der Waals surface area contributed by atoms with Crippen LogP contribution in [-0.4, -0.2) is 27.7 Å². The van der Waals surface area contributed by atoms with Gasteiger partial charge in [0.1, 0.15) is 5.60 Å². The van der Waals surface area contributed by atoms with Crippen LogP contribution in [0.5, 0.6) is 0 Å². The second-order valence-electron chi connectivity index (χ2n) is 8.87. The van der Waals surface area contributed by atoms with Gasteiger partial charge in [0, 0.05) is 22.0 Å². The number of para-hydroxylation sites is 2. The van der Waals surface area contributed by atoms with Crippen LogP contribution in [0.25, 0.3) is 21.8 Å². The predicted molar refractivity (Wildman–Crippen MR) is 133 cm³/mol. The largest absolute Gasteiger partial charge is 0.444 e. The Bertz CT molecular complexity index is 1390. The monoisotopic (exact) mass is 458 g/mol. The van der Waals surface area contributed by atoms with E-state index in [0.717, 1.165) is 5.39 Å². The van der Waals surface area contributed by atoms with Crippen LogP contribution in [-0.2, 0) is 4.74 Å². The van der Waals surface area contributed by atoms with Gasteiger partial charge in [-0.05, 0) is 45.0 Å². The Morgan fingerprint density at radius 2 is 1.71 bits per heavy atom. The fourth-order valence-electron chi connectivity index (χ4n) is 3.70. The molecule has 8 nitrogen and oxygen atoms in total. The standard InChI is InChI=1S/C26H26N4O4/c1-26(2,3)34-25(33)28-16-9-6-8-15(14-16)24(32)30-21-17-10-4-5-13-20(17)29-22-18(21)11-7-12-19(22)23(27)31/h4-14,24,32H,1-3H3,(H2,27,31)(H,28,33)(H,29,30). The molecule has 0 saturated heterocycles. The van der Waals surface area contributed by atoms with Gasteiger partial charge in [-0.2, -0.15) is 0 Å². The molecule has 5 N–H and O–H groups in total. The van der Waals surface area contributed by atoms with E-state index in [1.165, 1.54) is 0 Å². The lowest BCUT2D eigenvalue weighted by atomic mass is 10.0. The highest BCUT2D eigenvalue weighted by atomic mass is 16.6. The number of hydrogen-bond donors (Lipinski definition) is 4. The number of anilines is 2. The number of carbonyl (C=O) groups is 2. The van der Waals surface area contributed by atoms with Gasteiger partial charge >= 0.3 is 6.09 Å². The topological polar surface area (TPSA) is 127 Å². The summed E-state index contributed by atoms with van der Waals surface area (Å²) in [6, 6.07) is 19.4. The minimum absolute atomic E-state index is 0.296. The molecule has 1 heterocycles. The van der Waals surface area contributed by atoms with Gasteiger partial charge in [-0.15, -0.1) is 0 Å². The third kappa shape index (κ3) is 4.92. The van der Waals surface area contributed by atoms with Crippen molar-refractivity contribution in [2.24, 2.45) is 5.73 Å². The van der Waals surface area contributed by atoms with Crippen LogP contribution in [0.4, 0.5) is 16.2 Å². The third-order valence-corrected chi connectivity index (χ3v) is 5.11. The number of nitrogens with zero attached hydrogens (tertiary/aromatic N) is 1. The fourth-order valence-corrected chi connectivity index (χ4v) is 3.70. The molecule has 1 atom stereocenters. The van der Waals surface area contributed by atoms with Gasteiger partial charge in [-0.1, -0.05) is 42.5 Å². The molecule has 0 saturated carbocycles. The van der Waals surface area contributed by atoms with Crippen molar-refractivity contribution in [2.45, 2.75) is 32.6 Å². The molecule has 0 aliphatic heterocycles. The zero-order valence-electron chi connectivity index (χ0n) is 19.1. The number of rotatable bonds is 5. The molecule has 34 heavy (non-hydrogen) atoms. The van der Waals surface area contributed by atoms with Crippen molar-refractivity contribution in [3.8, 4) is 0 Å². The Morgan fingerprint density at radius 1 is 1.00 bits per heavy atom. The lowest BCUT2D eigenvalue weighted by Crippen LogP contribution is -2.27. The zero-order chi connectivity index (χ0) is 24.5. The second-order valence-corrected chi connectivity index (χ2v) is 8.87. The number of nitrogens with two attached hydrogens (primary N) is 1. The number of pyridine rings is 1. The molecule has 174 valence electrons. The van der Waals surface area contributed by atoms with Crippen molar-refractivity contribution in [1.82, 2.24) is 4.98 Å². The van der Waals surface area contributed by atoms with Gasteiger partial charge in [0.05, 0.1) is 22.3 Å². The first-order valence-corrected chi connectivity index (χ1v) is 10.8. The summed E-state index contributed by atoms with van der Waals surface area (Å²) in [6.07, 6.45) is -1.70. The van der Waals surface area contributed by atoms with Crippen molar-refractivity contribution in [3.63, 3.8) is 0 Å². The summed E-state index contributed by atoms with van der Waals surface area (Å²) < 4.78 is 5.29. The van der Waals surface area contributed by atoms with Crippen LogP contribution in [0, 0.1) is 0 Å². The van der Waals surface area contributed by atoms with Gasteiger partial charge in [-0.25, -0.2) is 9.78 Å². The second kappa shape index (κ2) is 8.99. The summed E-state index contributed by atoms with van der Waals surface area (Å²) in [6.45, 7) is 5.34. The molecule has 2 amide bonds. The summed E-state index contributed by atoms with van der Waals surface area (Å²) in [7, 11) is 0. The number of ether oxygens (including phenoxy) is 1. The lowest BCUT2D eigenvalue weighted by molar-refractivity contribution is 0.0635.